The largest absolute Gasteiger partial charge is 0.394 e. The van der Waals surface area contributed by atoms with Crippen LogP contribution in [0.3, 0.4) is 0 Å². The standard InChI is InChI=1S/C5H9F3O3/c6-4(5(7,8)10)3-11-2-1-9/h4,9-10H,1-3H2. The van der Waals surface area contributed by atoms with Gasteiger partial charge in [0.15, 0.2) is 0 Å². The van der Waals surface area contributed by atoms with Gasteiger partial charge in [-0.1, -0.05) is 0 Å². The third kappa shape index (κ3) is 5.00. The highest BCUT2D eigenvalue weighted by Gasteiger charge is 2.37. The van der Waals surface area contributed by atoms with E-state index in [-0.39, 0.29) is 13.2 Å². The van der Waals surface area contributed by atoms with Crippen molar-refractivity contribution >= 4 is 0 Å². The van der Waals surface area contributed by atoms with E-state index in [0.717, 1.165) is 0 Å². The van der Waals surface area contributed by atoms with Gasteiger partial charge in [-0.15, -0.1) is 0 Å². The fourth-order valence-electron chi connectivity index (χ4n) is 0.352. The van der Waals surface area contributed by atoms with Gasteiger partial charge in [-0.2, -0.15) is 8.78 Å². The minimum atomic E-state index is -4.37. The molecule has 0 fully saturated rings. The van der Waals surface area contributed by atoms with E-state index >= 15 is 0 Å². The maximum absolute atomic E-state index is 12.0. The van der Waals surface area contributed by atoms with Crippen molar-refractivity contribution in [2.45, 2.75) is 12.3 Å². The predicted molar refractivity (Wildman–Crippen MR) is 30.0 cm³/mol. The lowest BCUT2D eigenvalue weighted by Crippen LogP contribution is -2.33. The first-order valence-electron chi connectivity index (χ1n) is 2.91. The molecule has 0 saturated heterocycles. The quantitative estimate of drug-likeness (QED) is 0.573. The second-order valence-corrected chi connectivity index (χ2v) is 1.85. The van der Waals surface area contributed by atoms with Crippen LogP contribution in [0.5, 0.6) is 0 Å². The number of aliphatic hydroxyl groups excluding tert-OH is 1. The molecule has 0 aliphatic rings. The summed E-state index contributed by atoms with van der Waals surface area (Å²) in [5, 5.41) is 15.8. The Morgan fingerprint density at radius 2 is 2.00 bits per heavy atom. The number of hydrogen-bond donors (Lipinski definition) is 2. The molecule has 0 saturated carbocycles. The number of ether oxygens (including phenoxy) is 1. The van der Waals surface area contributed by atoms with E-state index in [1.165, 1.54) is 0 Å². The van der Waals surface area contributed by atoms with Crippen LogP contribution in [0.2, 0.25) is 0 Å². The molecular formula is C5H9F3O3. The summed E-state index contributed by atoms with van der Waals surface area (Å²) in [4.78, 5) is 0. The molecule has 0 rings (SSSR count). The summed E-state index contributed by atoms with van der Waals surface area (Å²) < 4.78 is 39.4. The maximum Gasteiger partial charge on any atom is 0.386 e. The number of rotatable bonds is 5. The van der Waals surface area contributed by atoms with Crippen LogP contribution in [-0.2, 0) is 4.74 Å². The van der Waals surface area contributed by atoms with Crippen molar-refractivity contribution in [3.63, 3.8) is 0 Å². The summed E-state index contributed by atoms with van der Waals surface area (Å²) in [5.41, 5.74) is 0. The Labute approximate surface area is 61.4 Å². The molecule has 1 unspecified atom stereocenters. The zero-order valence-electron chi connectivity index (χ0n) is 5.64. The van der Waals surface area contributed by atoms with Crippen molar-refractivity contribution < 1.29 is 28.1 Å². The van der Waals surface area contributed by atoms with Crippen LogP contribution < -0.4 is 0 Å². The molecule has 0 aromatic carbocycles. The van der Waals surface area contributed by atoms with Crippen LogP contribution in [0.25, 0.3) is 0 Å². The van der Waals surface area contributed by atoms with E-state index in [2.05, 4.69) is 4.74 Å². The highest BCUT2D eigenvalue weighted by atomic mass is 19.3. The summed E-state index contributed by atoms with van der Waals surface area (Å²) in [6.07, 6.45) is -7.11. The monoisotopic (exact) mass is 174 g/mol. The van der Waals surface area contributed by atoms with Gasteiger partial charge in [0, 0.05) is 0 Å². The fraction of sp³-hybridized carbons (Fsp3) is 1.00. The lowest BCUT2D eigenvalue weighted by atomic mass is 10.4. The van der Waals surface area contributed by atoms with E-state index in [4.69, 9.17) is 10.2 Å². The van der Waals surface area contributed by atoms with Crippen LogP contribution in [0.15, 0.2) is 0 Å². The Hall–Kier alpha value is -0.330. The van der Waals surface area contributed by atoms with Gasteiger partial charge in [0.25, 0.3) is 0 Å². The Bertz CT molecular complexity index is 104. The third-order valence-corrected chi connectivity index (χ3v) is 0.877. The molecule has 11 heavy (non-hydrogen) atoms. The molecule has 0 heterocycles. The van der Waals surface area contributed by atoms with Crippen molar-refractivity contribution in [2.24, 2.45) is 0 Å². The Morgan fingerprint density at radius 3 is 2.36 bits per heavy atom. The number of aliphatic hydroxyl groups is 2. The number of alkyl halides is 3. The molecule has 0 spiro atoms. The van der Waals surface area contributed by atoms with Gasteiger partial charge < -0.3 is 14.9 Å². The van der Waals surface area contributed by atoms with E-state index in [9.17, 15) is 13.2 Å². The van der Waals surface area contributed by atoms with Crippen LogP contribution in [-0.4, -0.2) is 42.3 Å². The van der Waals surface area contributed by atoms with Crippen molar-refractivity contribution in [3.05, 3.63) is 0 Å². The molecule has 0 aromatic rings. The van der Waals surface area contributed by atoms with E-state index in [1.54, 1.807) is 0 Å². The van der Waals surface area contributed by atoms with Crippen molar-refractivity contribution in [1.29, 1.82) is 0 Å². The summed E-state index contributed by atoms with van der Waals surface area (Å²) in [6, 6.07) is 0. The first-order chi connectivity index (χ1) is 4.98. The SMILES string of the molecule is OCCOCC(F)C(O)(F)F. The normalized spacial score (nSPS) is 15.0. The Morgan fingerprint density at radius 1 is 1.45 bits per heavy atom. The van der Waals surface area contributed by atoms with Crippen molar-refractivity contribution in [3.8, 4) is 0 Å². The van der Waals surface area contributed by atoms with Gasteiger partial charge in [-0.25, -0.2) is 4.39 Å². The second kappa shape index (κ2) is 4.53. The Kier molecular flexibility index (Phi) is 4.39. The minimum Gasteiger partial charge on any atom is -0.394 e. The van der Waals surface area contributed by atoms with Crippen LogP contribution in [0, 0.1) is 0 Å². The van der Waals surface area contributed by atoms with Gasteiger partial charge in [0.05, 0.1) is 19.8 Å². The maximum atomic E-state index is 12.0. The number of halogens is 3. The summed E-state index contributed by atoms with van der Waals surface area (Å²) >= 11 is 0. The zero-order valence-corrected chi connectivity index (χ0v) is 5.64. The third-order valence-electron chi connectivity index (χ3n) is 0.877. The molecular weight excluding hydrogens is 165 g/mol. The van der Waals surface area contributed by atoms with Crippen LogP contribution in [0.1, 0.15) is 0 Å². The second-order valence-electron chi connectivity index (χ2n) is 1.85. The van der Waals surface area contributed by atoms with Crippen molar-refractivity contribution in [1.82, 2.24) is 0 Å². The molecule has 3 nitrogen and oxygen atoms in total. The van der Waals surface area contributed by atoms with E-state index in [0.29, 0.717) is 0 Å². The van der Waals surface area contributed by atoms with Crippen LogP contribution >= 0.6 is 0 Å². The van der Waals surface area contributed by atoms with Gasteiger partial charge in [0.2, 0.25) is 6.17 Å². The van der Waals surface area contributed by atoms with Gasteiger partial charge >= 0.3 is 6.11 Å². The molecule has 2 N–H and O–H groups in total. The smallest absolute Gasteiger partial charge is 0.386 e. The molecule has 0 aromatic heterocycles. The fourth-order valence-corrected chi connectivity index (χ4v) is 0.352. The predicted octanol–water partition coefficient (Wildman–Crippen LogP) is -0.0815. The first-order valence-corrected chi connectivity index (χ1v) is 2.91. The lowest BCUT2D eigenvalue weighted by molar-refractivity contribution is -0.249. The van der Waals surface area contributed by atoms with Gasteiger partial charge in [-0.05, 0) is 0 Å². The average Bonchev–Trinajstić information content (AvgIpc) is 1.86. The average molecular weight is 174 g/mol. The molecule has 0 aliphatic heterocycles. The number of hydrogen-bond acceptors (Lipinski definition) is 3. The zero-order chi connectivity index (χ0) is 8.91. The molecule has 0 amide bonds. The van der Waals surface area contributed by atoms with Crippen LogP contribution in [0.4, 0.5) is 13.2 Å². The molecule has 68 valence electrons. The highest BCUT2D eigenvalue weighted by Crippen LogP contribution is 2.17. The summed E-state index contributed by atoms with van der Waals surface area (Å²) in [7, 11) is 0. The van der Waals surface area contributed by atoms with Gasteiger partial charge in [0.1, 0.15) is 0 Å². The summed E-state index contributed by atoms with van der Waals surface area (Å²) in [6.45, 7) is -1.52. The molecule has 0 aliphatic carbocycles. The highest BCUT2D eigenvalue weighted by molar-refractivity contribution is 4.63. The van der Waals surface area contributed by atoms with Gasteiger partial charge in [-0.3, -0.25) is 0 Å². The van der Waals surface area contributed by atoms with Crippen molar-refractivity contribution in [2.75, 3.05) is 19.8 Å². The van der Waals surface area contributed by atoms with E-state index < -0.39 is 18.9 Å². The van der Waals surface area contributed by atoms with E-state index in [1.807, 2.05) is 0 Å². The molecule has 0 bridgehead atoms. The molecule has 0 radical (unpaired) electrons. The molecule has 1 atom stereocenters. The minimum absolute atomic E-state index is 0.226. The lowest BCUT2D eigenvalue weighted by Gasteiger charge is -2.13. The Balaban J connectivity index is 3.44. The topological polar surface area (TPSA) is 49.7 Å². The summed E-state index contributed by atoms with van der Waals surface area (Å²) in [5.74, 6) is 0. The molecule has 6 heteroatoms. The first kappa shape index (κ1) is 10.7.